The highest BCUT2D eigenvalue weighted by Gasteiger charge is 2.39. The van der Waals surface area contributed by atoms with E-state index >= 15 is 0 Å². The topological polar surface area (TPSA) is 46.2 Å². The molecule has 0 saturated heterocycles. The van der Waals surface area contributed by atoms with Crippen molar-refractivity contribution in [2.24, 2.45) is 17.8 Å². The van der Waals surface area contributed by atoms with Crippen molar-refractivity contribution in [1.29, 1.82) is 0 Å². The van der Waals surface area contributed by atoms with Gasteiger partial charge >= 0.3 is 0 Å². The molecule has 20 heavy (non-hydrogen) atoms. The van der Waals surface area contributed by atoms with E-state index in [2.05, 4.69) is 20.7 Å². The van der Waals surface area contributed by atoms with Gasteiger partial charge in [-0.05, 0) is 55.2 Å². The third kappa shape index (κ3) is 2.78. The second-order valence-corrected chi connectivity index (χ2v) is 8.51. The van der Waals surface area contributed by atoms with Crippen molar-refractivity contribution in [3.05, 3.63) is 28.5 Å². The smallest absolute Gasteiger partial charge is 0.211 e. The number of nitrogens with one attached hydrogen (secondary N) is 1. The first-order valence-electron chi connectivity index (χ1n) is 6.90. The summed E-state index contributed by atoms with van der Waals surface area (Å²) >= 11 is 3.12. The van der Waals surface area contributed by atoms with E-state index in [1.165, 1.54) is 37.5 Å². The highest BCUT2D eigenvalue weighted by atomic mass is 79.9. The van der Waals surface area contributed by atoms with Crippen molar-refractivity contribution in [1.82, 2.24) is 4.72 Å². The lowest BCUT2D eigenvalue weighted by Crippen LogP contribution is -2.32. The second-order valence-electron chi connectivity index (χ2n) is 5.86. The maximum Gasteiger partial charge on any atom is 0.243 e. The van der Waals surface area contributed by atoms with Crippen LogP contribution >= 0.6 is 15.9 Å². The predicted octanol–water partition coefficient (Wildman–Crippen LogP) is 3.30. The van der Waals surface area contributed by atoms with E-state index in [0.29, 0.717) is 22.9 Å². The quantitative estimate of drug-likeness (QED) is 0.893. The van der Waals surface area contributed by atoms with E-state index in [-0.39, 0.29) is 4.90 Å². The summed E-state index contributed by atoms with van der Waals surface area (Å²) in [7, 11) is -3.76. The minimum absolute atomic E-state index is 0.274. The monoisotopic (exact) mass is 361 g/mol. The van der Waals surface area contributed by atoms with Gasteiger partial charge < -0.3 is 0 Å². The average molecular weight is 362 g/mol. The first-order chi connectivity index (χ1) is 9.45. The molecule has 0 heterocycles. The van der Waals surface area contributed by atoms with E-state index in [0.717, 1.165) is 12.3 Å². The third-order valence-electron chi connectivity index (χ3n) is 4.60. The molecule has 3 unspecified atom stereocenters. The summed E-state index contributed by atoms with van der Waals surface area (Å²) in [5.74, 6) is 1.12. The number of benzene rings is 1. The van der Waals surface area contributed by atoms with E-state index in [1.807, 2.05) is 0 Å². The molecule has 1 aromatic rings. The molecular weight excluding hydrogens is 345 g/mol. The second kappa shape index (κ2) is 5.39. The van der Waals surface area contributed by atoms with Crippen LogP contribution in [-0.2, 0) is 10.0 Å². The van der Waals surface area contributed by atoms with Gasteiger partial charge in [0, 0.05) is 11.0 Å². The van der Waals surface area contributed by atoms with Gasteiger partial charge in [-0.15, -0.1) is 0 Å². The fourth-order valence-electron chi connectivity index (χ4n) is 3.61. The molecule has 2 fully saturated rings. The number of halogens is 2. The summed E-state index contributed by atoms with van der Waals surface area (Å²) in [5.41, 5.74) is 0. The largest absolute Gasteiger partial charge is 0.243 e. The molecule has 3 atom stereocenters. The molecule has 3 rings (SSSR count). The van der Waals surface area contributed by atoms with E-state index in [1.54, 1.807) is 0 Å². The molecule has 2 aliphatic rings. The Morgan fingerprint density at radius 1 is 1.30 bits per heavy atom. The number of hydrogen-bond donors (Lipinski definition) is 1. The first-order valence-corrected chi connectivity index (χ1v) is 9.18. The van der Waals surface area contributed by atoms with Crippen molar-refractivity contribution in [3.63, 3.8) is 0 Å². The summed E-state index contributed by atoms with van der Waals surface area (Å²) in [5, 5.41) is 0. The van der Waals surface area contributed by atoms with Gasteiger partial charge in [-0.3, -0.25) is 0 Å². The molecule has 0 aliphatic heterocycles. The minimum atomic E-state index is -3.76. The van der Waals surface area contributed by atoms with Crippen molar-refractivity contribution in [2.45, 2.75) is 30.6 Å². The average Bonchev–Trinajstić information content (AvgIpc) is 2.98. The molecule has 0 spiro atoms. The van der Waals surface area contributed by atoms with E-state index in [4.69, 9.17) is 0 Å². The van der Waals surface area contributed by atoms with Crippen LogP contribution in [0.15, 0.2) is 27.6 Å². The van der Waals surface area contributed by atoms with Gasteiger partial charge in [-0.25, -0.2) is 17.5 Å². The van der Waals surface area contributed by atoms with E-state index < -0.39 is 15.8 Å². The number of sulfonamides is 1. The van der Waals surface area contributed by atoms with Crippen LogP contribution in [0.3, 0.4) is 0 Å². The molecule has 1 N–H and O–H groups in total. The van der Waals surface area contributed by atoms with Crippen LogP contribution in [0, 0.1) is 23.6 Å². The molecule has 2 bridgehead atoms. The van der Waals surface area contributed by atoms with Crippen LogP contribution in [0.5, 0.6) is 0 Å². The number of hydrogen-bond acceptors (Lipinski definition) is 2. The van der Waals surface area contributed by atoms with Gasteiger partial charge in [0.1, 0.15) is 10.7 Å². The summed E-state index contributed by atoms with van der Waals surface area (Å²) in [4.78, 5) is -0.274. The fraction of sp³-hybridized carbons (Fsp3) is 0.571. The van der Waals surface area contributed by atoms with Gasteiger partial charge in [0.05, 0.1) is 0 Å². The van der Waals surface area contributed by atoms with Crippen LogP contribution < -0.4 is 4.72 Å². The highest BCUT2D eigenvalue weighted by Crippen LogP contribution is 2.48. The minimum Gasteiger partial charge on any atom is -0.211 e. The summed E-state index contributed by atoms with van der Waals surface area (Å²) in [6, 6.07) is 4.00. The van der Waals surface area contributed by atoms with Gasteiger partial charge in [0.2, 0.25) is 10.0 Å². The summed E-state index contributed by atoms with van der Waals surface area (Å²) < 4.78 is 41.2. The van der Waals surface area contributed by atoms with Crippen LogP contribution in [0.25, 0.3) is 0 Å². The Morgan fingerprint density at radius 2 is 2.10 bits per heavy atom. The Balaban J connectivity index is 1.69. The Morgan fingerprint density at radius 3 is 2.70 bits per heavy atom. The Hall–Kier alpha value is -0.460. The lowest BCUT2D eigenvalue weighted by atomic mass is 9.89. The molecular formula is C14H17BrFNO2S. The molecule has 0 amide bonds. The van der Waals surface area contributed by atoms with Crippen LogP contribution in [0.1, 0.15) is 25.7 Å². The molecule has 2 aliphatic carbocycles. The van der Waals surface area contributed by atoms with Gasteiger partial charge in [0.15, 0.2) is 0 Å². The maximum atomic E-state index is 13.7. The maximum absolute atomic E-state index is 13.7. The lowest BCUT2D eigenvalue weighted by Gasteiger charge is -2.21. The third-order valence-corrected chi connectivity index (χ3v) is 6.55. The van der Waals surface area contributed by atoms with Gasteiger partial charge in [0.25, 0.3) is 0 Å². The Bertz CT molecular complexity index is 620. The molecule has 0 radical (unpaired) electrons. The van der Waals surface area contributed by atoms with Crippen molar-refractivity contribution in [2.75, 3.05) is 6.54 Å². The number of rotatable bonds is 4. The molecule has 0 aromatic heterocycles. The van der Waals surface area contributed by atoms with E-state index in [9.17, 15) is 12.8 Å². The zero-order chi connectivity index (χ0) is 14.3. The number of fused-ring (bicyclic) bond motifs is 2. The highest BCUT2D eigenvalue weighted by molar-refractivity contribution is 9.10. The van der Waals surface area contributed by atoms with Crippen LogP contribution in [0.4, 0.5) is 4.39 Å². The van der Waals surface area contributed by atoms with Gasteiger partial charge in [-0.2, -0.15) is 0 Å². The van der Waals surface area contributed by atoms with Crippen LogP contribution in [-0.4, -0.2) is 15.0 Å². The predicted molar refractivity (Wildman–Crippen MR) is 78.2 cm³/mol. The standard InChI is InChI=1S/C14H17BrFNO2S/c15-12-3-4-14(13(16)7-12)20(18,19)17-8-11-6-9-1-2-10(11)5-9/h3-4,7,9-11,17H,1-2,5-6,8H2. The lowest BCUT2D eigenvalue weighted by molar-refractivity contribution is 0.332. The van der Waals surface area contributed by atoms with Gasteiger partial charge in [-0.1, -0.05) is 22.4 Å². The van der Waals surface area contributed by atoms with Crippen molar-refractivity contribution < 1.29 is 12.8 Å². The Labute approximate surface area is 127 Å². The first kappa shape index (κ1) is 14.5. The normalized spacial score (nSPS) is 29.0. The molecule has 6 heteroatoms. The molecule has 2 saturated carbocycles. The molecule has 3 nitrogen and oxygen atoms in total. The zero-order valence-electron chi connectivity index (χ0n) is 11.0. The zero-order valence-corrected chi connectivity index (χ0v) is 13.4. The fourth-order valence-corrected chi connectivity index (χ4v) is 5.10. The SMILES string of the molecule is O=S(=O)(NCC1CC2CCC1C2)c1ccc(Br)cc1F. The van der Waals surface area contributed by atoms with Crippen LogP contribution in [0.2, 0.25) is 0 Å². The van der Waals surface area contributed by atoms with Crippen molar-refractivity contribution >= 4 is 26.0 Å². The van der Waals surface area contributed by atoms with Crippen molar-refractivity contribution in [3.8, 4) is 0 Å². The molecule has 1 aromatic carbocycles. The molecule has 110 valence electrons. The summed E-state index contributed by atoms with van der Waals surface area (Å²) in [6.07, 6.45) is 4.84. The Kier molecular flexibility index (Phi) is 3.90. The summed E-state index contributed by atoms with van der Waals surface area (Å²) in [6.45, 7) is 0.430.